The lowest BCUT2D eigenvalue weighted by atomic mass is 10.0. The molecule has 0 amide bonds. The van der Waals surface area contributed by atoms with Crippen molar-refractivity contribution in [1.82, 2.24) is 4.98 Å². The molecule has 0 aliphatic rings. The van der Waals surface area contributed by atoms with Crippen LogP contribution in [0.5, 0.6) is 5.75 Å². The molecule has 0 saturated carbocycles. The number of hydrogen-bond acceptors (Lipinski definition) is 4. The molecule has 0 aliphatic heterocycles. The van der Waals surface area contributed by atoms with E-state index >= 15 is 0 Å². The number of rotatable bonds is 8. The van der Waals surface area contributed by atoms with Crippen molar-refractivity contribution in [2.24, 2.45) is 0 Å². The van der Waals surface area contributed by atoms with Gasteiger partial charge in [0.1, 0.15) is 11.5 Å². The summed E-state index contributed by atoms with van der Waals surface area (Å²) in [7, 11) is 0. The van der Waals surface area contributed by atoms with E-state index in [2.05, 4.69) is 4.98 Å². The maximum Gasteiger partial charge on any atom is 0.416 e. The minimum atomic E-state index is -4.41. The zero-order chi connectivity index (χ0) is 23.5. The number of ether oxygens (including phenoxy) is 1. The van der Waals surface area contributed by atoms with E-state index in [1.807, 2.05) is 20.8 Å². The van der Waals surface area contributed by atoms with Crippen molar-refractivity contribution in [1.29, 1.82) is 0 Å². The third-order valence-electron chi connectivity index (χ3n) is 4.89. The zero-order valence-electron chi connectivity index (χ0n) is 17.9. The Bertz CT molecular complexity index is 1070. The third-order valence-corrected chi connectivity index (χ3v) is 4.89. The minimum absolute atomic E-state index is 0.0401. The standard InChI is InChI=1S/C24H24F3NO4/c1-14(2)21-22(15(3)13-31-19-6-4-5-16(11-19)12-20(29)30)32-23(28-21)17-7-9-18(10-8-17)24(25,26)27/h4-11,14-15H,12-13H2,1-3H3,(H,29,30)/t15-/m1/s1. The Morgan fingerprint density at radius 3 is 2.41 bits per heavy atom. The number of nitrogens with zero attached hydrogens (tertiary/aromatic N) is 1. The van der Waals surface area contributed by atoms with Crippen molar-refractivity contribution >= 4 is 5.97 Å². The van der Waals surface area contributed by atoms with Crippen LogP contribution in [0.1, 0.15) is 55.2 Å². The molecule has 0 unspecified atom stereocenters. The van der Waals surface area contributed by atoms with Gasteiger partial charge in [-0.3, -0.25) is 4.79 Å². The fourth-order valence-corrected chi connectivity index (χ4v) is 3.25. The number of oxazole rings is 1. The van der Waals surface area contributed by atoms with Crippen LogP contribution in [0.2, 0.25) is 0 Å². The molecule has 2 aromatic carbocycles. The molecule has 1 aromatic heterocycles. The van der Waals surface area contributed by atoms with Crippen molar-refractivity contribution in [3.8, 4) is 17.2 Å². The summed E-state index contributed by atoms with van der Waals surface area (Å²) < 4.78 is 50.3. The highest BCUT2D eigenvalue weighted by molar-refractivity contribution is 5.70. The van der Waals surface area contributed by atoms with Gasteiger partial charge in [-0.05, 0) is 47.9 Å². The Hall–Kier alpha value is -3.29. The van der Waals surface area contributed by atoms with Crippen LogP contribution >= 0.6 is 0 Å². The number of hydrogen-bond donors (Lipinski definition) is 1. The normalized spacial score (nSPS) is 12.7. The van der Waals surface area contributed by atoms with Gasteiger partial charge < -0.3 is 14.3 Å². The van der Waals surface area contributed by atoms with E-state index in [9.17, 15) is 18.0 Å². The lowest BCUT2D eigenvalue weighted by Gasteiger charge is -2.14. The maximum atomic E-state index is 12.8. The second-order valence-corrected chi connectivity index (χ2v) is 7.93. The highest BCUT2D eigenvalue weighted by atomic mass is 19.4. The zero-order valence-corrected chi connectivity index (χ0v) is 17.9. The van der Waals surface area contributed by atoms with Gasteiger partial charge >= 0.3 is 12.1 Å². The smallest absolute Gasteiger partial charge is 0.416 e. The first-order valence-corrected chi connectivity index (χ1v) is 10.2. The topological polar surface area (TPSA) is 72.6 Å². The van der Waals surface area contributed by atoms with Crippen LogP contribution < -0.4 is 4.74 Å². The Balaban J connectivity index is 1.78. The molecule has 5 nitrogen and oxygen atoms in total. The van der Waals surface area contributed by atoms with Crippen molar-refractivity contribution < 1.29 is 32.2 Å². The molecular formula is C24H24F3NO4. The average molecular weight is 447 g/mol. The first-order valence-electron chi connectivity index (χ1n) is 10.2. The lowest BCUT2D eigenvalue weighted by Crippen LogP contribution is -2.09. The maximum absolute atomic E-state index is 12.8. The molecule has 1 atom stereocenters. The van der Waals surface area contributed by atoms with Gasteiger partial charge in [-0.2, -0.15) is 13.2 Å². The number of carbonyl (C=O) groups is 1. The molecular weight excluding hydrogens is 423 g/mol. The molecule has 0 spiro atoms. The number of carboxylic acid groups (broad SMARTS) is 1. The molecule has 0 bridgehead atoms. The number of benzene rings is 2. The molecule has 1 heterocycles. The van der Waals surface area contributed by atoms with E-state index < -0.39 is 17.7 Å². The molecule has 32 heavy (non-hydrogen) atoms. The average Bonchev–Trinajstić information content (AvgIpc) is 3.17. The van der Waals surface area contributed by atoms with Crippen LogP contribution in [-0.4, -0.2) is 22.7 Å². The van der Waals surface area contributed by atoms with E-state index in [-0.39, 0.29) is 30.8 Å². The van der Waals surface area contributed by atoms with Gasteiger partial charge in [-0.1, -0.05) is 32.9 Å². The van der Waals surface area contributed by atoms with Gasteiger partial charge in [0.25, 0.3) is 0 Å². The van der Waals surface area contributed by atoms with Gasteiger partial charge in [-0.25, -0.2) is 4.98 Å². The Morgan fingerprint density at radius 1 is 1.12 bits per heavy atom. The second-order valence-electron chi connectivity index (χ2n) is 7.93. The van der Waals surface area contributed by atoms with Crippen LogP contribution in [0.3, 0.4) is 0 Å². The molecule has 1 N–H and O–H groups in total. The van der Waals surface area contributed by atoms with E-state index in [0.717, 1.165) is 17.8 Å². The largest absolute Gasteiger partial charge is 0.493 e. The Morgan fingerprint density at radius 2 is 1.81 bits per heavy atom. The van der Waals surface area contributed by atoms with E-state index in [1.54, 1.807) is 24.3 Å². The van der Waals surface area contributed by atoms with Crippen LogP contribution in [-0.2, 0) is 17.4 Å². The van der Waals surface area contributed by atoms with Crippen LogP contribution in [0.25, 0.3) is 11.5 Å². The quantitative estimate of drug-likeness (QED) is 0.439. The number of alkyl halides is 3. The van der Waals surface area contributed by atoms with Crippen molar-refractivity contribution in [2.45, 2.75) is 45.2 Å². The molecule has 3 rings (SSSR count). The summed E-state index contributed by atoms with van der Waals surface area (Å²) in [4.78, 5) is 15.4. The highest BCUT2D eigenvalue weighted by Gasteiger charge is 2.30. The van der Waals surface area contributed by atoms with E-state index in [4.69, 9.17) is 14.3 Å². The van der Waals surface area contributed by atoms with E-state index in [1.165, 1.54) is 12.1 Å². The Kier molecular flexibility index (Phi) is 6.91. The van der Waals surface area contributed by atoms with E-state index in [0.29, 0.717) is 22.6 Å². The number of carboxylic acids is 1. The van der Waals surface area contributed by atoms with Gasteiger partial charge in [0.15, 0.2) is 0 Å². The minimum Gasteiger partial charge on any atom is -0.493 e. The van der Waals surface area contributed by atoms with Crippen molar-refractivity contribution in [3.05, 3.63) is 71.1 Å². The summed E-state index contributed by atoms with van der Waals surface area (Å²) in [6, 6.07) is 11.6. The molecule has 3 aromatic rings. The first-order chi connectivity index (χ1) is 15.0. The highest BCUT2D eigenvalue weighted by Crippen LogP contribution is 2.34. The summed E-state index contributed by atoms with van der Waals surface area (Å²) in [5, 5.41) is 8.94. The van der Waals surface area contributed by atoms with Gasteiger partial charge in [-0.15, -0.1) is 0 Å². The molecule has 0 radical (unpaired) electrons. The fraction of sp³-hybridized carbons (Fsp3) is 0.333. The third kappa shape index (κ3) is 5.69. The summed E-state index contributed by atoms with van der Waals surface area (Å²) in [5.41, 5.74) is 1.08. The number of aliphatic carboxylic acids is 1. The van der Waals surface area contributed by atoms with Crippen LogP contribution in [0.4, 0.5) is 13.2 Å². The van der Waals surface area contributed by atoms with Gasteiger partial charge in [0.2, 0.25) is 5.89 Å². The first kappa shape index (κ1) is 23.4. The SMILES string of the molecule is CC(C)c1nc(-c2ccc(C(F)(F)F)cc2)oc1[C@H](C)COc1cccc(CC(=O)O)c1. The second kappa shape index (κ2) is 9.46. The predicted octanol–water partition coefficient (Wildman–Crippen LogP) is 6.29. The summed E-state index contributed by atoms with van der Waals surface area (Å²) in [5.74, 6) is 0.340. The molecule has 170 valence electrons. The van der Waals surface area contributed by atoms with Crippen molar-refractivity contribution in [2.75, 3.05) is 6.61 Å². The fourth-order valence-electron chi connectivity index (χ4n) is 3.25. The summed E-state index contributed by atoms with van der Waals surface area (Å²) in [6.07, 6.45) is -4.50. The van der Waals surface area contributed by atoms with Crippen LogP contribution in [0.15, 0.2) is 52.9 Å². The summed E-state index contributed by atoms with van der Waals surface area (Å²) >= 11 is 0. The molecule has 0 fully saturated rings. The monoisotopic (exact) mass is 447 g/mol. The van der Waals surface area contributed by atoms with Crippen molar-refractivity contribution in [3.63, 3.8) is 0 Å². The number of halogens is 3. The lowest BCUT2D eigenvalue weighted by molar-refractivity contribution is -0.138. The van der Waals surface area contributed by atoms with Gasteiger partial charge in [0, 0.05) is 5.56 Å². The molecule has 0 aliphatic carbocycles. The van der Waals surface area contributed by atoms with Gasteiger partial charge in [0.05, 0.1) is 30.2 Å². The number of aromatic nitrogens is 1. The molecule has 8 heteroatoms. The summed E-state index contributed by atoms with van der Waals surface area (Å²) in [6.45, 7) is 6.09. The molecule has 0 saturated heterocycles. The predicted molar refractivity (Wildman–Crippen MR) is 113 cm³/mol. The Labute approximate surface area is 183 Å². The van der Waals surface area contributed by atoms with Crippen LogP contribution in [0, 0.1) is 0 Å².